The Bertz CT molecular complexity index is 611. The van der Waals surface area contributed by atoms with Crippen LogP contribution < -0.4 is 5.32 Å². The molecule has 1 heterocycles. The van der Waals surface area contributed by atoms with Crippen molar-refractivity contribution >= 4 is 11.8 Å². The fourth-order valence-corrected chi connectivity index (χ4v) is 1.82. The SMILES string of the molecule is O=C(O)NCC(c1ccccc1)n1cc([N+](=O)[O-])cn1. The summed E-state index contributed by atoms with van der Waals surface area (Å²) in [7, 11) is 0. The van der Waals surface area contributed by atoms with Gasteiger partial charge in [-0.1, -0.05) is 30.3 Å². The highest BCUT2D eigenvalue weighted by molar-refractivity contribution is 5.64. The van der Waals surface area contributed by atoms with Gasteiger partial charge in [-0.15, -0.1) is 0 Å². The van der Waals surface area contributed by atoms with Gasteiger partial charge in [0, 0.05) is 6.54 Å². The van der Waals surface area contributed by atoms with E-state index in [9.17, 15) is 14.9 Å². The van der Waals surface area contributed by atoms with Crippen LogP contribution in [0, 0.1) is 10.1 Å². The molecule has 20 heavy (non-hydrogen) atoms. The van der Waals surface area contributed by atoms with Crippen molar-refractivity contribution in [3.05, 3.63) is 58.4 Å². The lowest BCUT2D eigenvalue weighted by atomic mass is 10.1. The number of carboxylic acid groups (broad SMARTS) is 1. The number of rotatable bonds is 5. The molecular weight excluding hydrogens is 264 g/mol. The van der Waals surface area contributed by atoms with Crippen molar-refractivity contribution in [3.63, 3.8) is 0 Å². The third kappa shape index (κ3) is 3.10. The van der Waals surface area contributed by atoms with Crippen LogP contribution in [0.5, 0.6) is 0 Å². The Morgan fingerprint density at radius 1 is 1.45 bits per heavy atom. The van der Waals surface area contributed by atoms with Gasteiger partial charge in [-0.3, -0.25) is 14.8 Å². The monoisotopic (exact) mass is 276 g/mol. The normalized spacial score (nSPS) is 11.8. The first-order chi connectivity index (χ1) is 9.58. The highest BCUT2D eigenvalue weighted by Crippen LogP contribution is 2.19. The zero-order valence-electron chi connectivity index (χ0n) is 10.3. The number of benzene rings is 1. The van der Waals surface area contributed by atoms with E-state index >= 15 is 0 Å². The Labute approximate surface area is 113 Å². The number of amides is 1. The van der Waals surface area contributed by atoms with Crippen molar-refractivity contribution in [2.45, 2.75) is 6.04 Å². The molecule has 1 atom stereocenters. The molecular formula is C12H12N4O4. The van der Waals surface area contributed by atoms with Crippen LogP contribution in [0.15, 0.2) is 42.7 Å². The summed E-state index contributed by atoms with van der Waals surface area (Å²) in [5, 5.41) is 25.6. The van der Waals surface area contributed by atoms with E-state index in [1.165, 1.54) is 10.9 Å². The maximum absolute atomic E-state index is 10.7. The molecule has 1 aromatic heterocycles. The number of nitrogens with zero attached hydrogens (tertiary/aromatic N) is 3. The summed E-state index contributed by atoms with van der Waals surface area (Å²) in [5.74, 6) is 0. The predicted octanol–water partition coefficient (Wildman–Crippen LogP) is 1.65. The molecule has 0 radical (unpaired) electrons. The van der Waals surface area contributed by atoms with Gasteiger partial charge in [0.25, 0.3) is 0 Å². The van der Waals surface area contributed by atoms with Crippen LogP contribution in [0.2, 0.25) is 0 Å². The molecule has 0 aliphatic rings. The second-order valence-electron chi connectivity index (χ2n) is 4.05. The van der Waals surface area contributed by atoms with E-state index in [4.69, 9.17) is 5.11 Å². The summed E-state index contributed by atoms with van der Waals surface area (Å²) in [6.45, 7) is 0.0676. The van der Waals surface area contributed by atoms with E-state index in [0.717, 1.165) is 11.8 Å². The first kappa shape index (κ1) is 13.5. The highest BCUT2D eigenvalue weighted by atomic mass is 16.6. The lowest BCUT2D eigenvalue weighted by molar-refractivity contribution is -0.385. The van der Waals surface area contributed by atoms with Crippen molar-refractivity contribution in [1.29, 1.82) is 0 Å². The van der Waals surface area contributed by atoms with Crippen LogP contribution >= 0.6 is 0 Å². The van der Waals surface area contributed by atoms with Gasteiger partial charge in [0.2, 0.25) is 0 Å². The maximum atomic E-state index is 10.7. The molecule has 0 saturated carbocycles. The van der Waals surface area contributed by atoms with Gasteiger partial charge in [0.1, 0.15) is 12.4 Å². The van der Waals surface area contributed by atoms with E-state index in [-0.39, 0.29) is 12.2 Å². The summed E-state index contributed by atoms with van der Waals surface area (Å²) in [6, 6.07) is 8.61. The van der Waals surface area contributed by atoms with E-state index in [1.807, 2.05) is 18.2 Å². The van der Waals surface area contributed by atoms with Gasteiger partial charge >= 0.3 is 11.8 Å². The quantitative estimate of drug-likeness (QED) is 0.637. The van der Waals surface area contributed by atoms with Crippen LogP contribution in [0.4, 0.5) is 10.5 Å². The van der Waals surface area contributed by atoms with Crippen LogP contribution in [0.25, 0.3) is 0 Å². The topological polar surface area (TPSA) is 110 Å². The fourth-order valence-electron chi connectivity index (χ4n) is 1.82. The molecule has 0 aliphatic carbocycles. The van der Waals surface area contributed by atoms with Crippen molar-refractivity contribution < 1.29 is 14.8 Å². The molecule has 1 amide bonds. The minimum absolute atomic E-state index is 0.0676. The van der Waals surface area contributed by atoms with Gasteiger partial charge in [0.15, 0.2) is 0 Å². The van der Waals surface area contributed by atoms with Gasteiger partial charge in [0.05, 0.1) is 11.0 Å². The maximum Gasteiger partial charge on any atom is 0.404 e. The highest BCUT2D eigenvalue weighted by Gasteiger charge is 2.18. The second kappa shape index (κ2) is 5.83. The lowest BCUT2D eigenvalue weighted by Gasteiger charge is -2.17. The molecule has 2 rings (SSSR count). The van der Waals surface area contributed by atoms with E-state index < -0.39 is 17.1 Å². The molecule has 0 fully saturated rings. The number of hydrogen-bond donors (Lipinski definition) is 2. The van der Waals surface area contributed by atoms with Crippen LogP contribution in [0.3, 0.4) is 0 Å². The molecule has 0 bridgehead atoms. The zero-order valence-corrected chi connectivity index (χ0v) is 10.3. The van der Waals surface area contributed by atoms with Crippen molar-refractivity contribution in [2.75, 3.05) is 6.54 Å². The number of hydrogen-bond acceptors (Lipinski definition) is 4. The largest absolute Gasteiger partial charge is 0.465 e. The third-order valence-electron chi connectivity index (χ3n) is 2.75. The summed E-state index contributed by atoms with van der Waals surface area (Å²) in [5.41, 5.74) is 0.667. The van der Waals surface area contributed by atoms with E-state index in [2.05, 4.69) is 10.4 Å². The fraction of sp³-hybridized carbons (Fsp3) is 0.167. The Hall–Kier alpha value is -2.90. The molecule has 2 aromatic rings. The number of nitrogens with one attached hydrogen (secondary N) is 1. The zero-order chi connectivity index (χ0) is 14.5. The Kier molecular flexibility index (Phi) is 3.94. The summed E-state index contributed by atoms with van der Waals surface area (Å²) >= 11 is 0. The van der Waals surface area contributed by atoms with Crippen molar-refractivity contribution in [1.82, 2.24) is 15.1 Å². The number of aromatic nitrogens is 2. The van der Waals surface area contributed by atoms with E-state index in [1.54, 1.807) is 12.1 Å². The molecule has 1 unspecified atom stereocenters. The number of nitro groups is 1. The lowest BCUT2D eigenvalue weighted by Crippen LogP contribution is -2.30. The standard InChI is InChI=1S/C12H12N4O4/c17-12(18)13-7-11(9-4-2-1-3-5-9)15-8-10(6-14-15)16(19)20/h1-6,8,11,13H,7H2,(H,17,18). The Balaban J connectivity index is 2.30. The minimum Gasteiger partial charge on any atom is -0.465 e. The smallest absolute Gasteiger partial charge is 0.404 e. The average molecular weight is 276 g/mol. The van der Waals surface area contributed by atoms with Crippen molar-refractivity contribution in [3.8, 4) is 0 Å². The second-order valence-corrected chi connectivity index (χ2v) is 4.05. The molecule has 1 aromatic carbocycles. The van der Waals surface area contributed by atoms with Gasteiger partial charge in [-0.25, -0.2) is 4.79 Å². The number of carbonyl (C=O) groups is 1. The van der Waals surface area contributed by atoms with Crippen LogP contribution in [-0.4, -0.2) is 32.4 Å². The first-order valence-corrected chi connectivity index (χ1v) is 5.78. The van der Waals surface area contributed by atoms with Crippen molar-refractivity contribution in [2.24, 2.45) is 0 Å². The van der Waals surface area contributed by atoms with Gasteiger partial charge < -0.3 is 10.4 Å². The predicted molar refractivity (Wildman–Crippen MR) is 69.5 cm³/mol. The van der Waals surface area contributed by atoms with Gasteiger partial charge in [-0.2, -0.15) is 5.10 Å². The molecule has 8 heteroatoms. The summed E-state index contributed by atoms with van der Waals surface area (Å²) < 4.78 is 1.38. The molecule has 0 aliphatic heterocycles. The van der Waals surface area contributed by atoms with Crippen LogP contribution in [-0.2, 0) is 0 Å². The van der Waals surface area contributed by atoms with E-state index in [0.29, 0.717) is 0 Å². The molecule has 104 valence electrons. The molecule has 8 nitrogen and oxygen atoms in total. The first-order valence-electron chi connectivity index (χ1n) is 5.78. The Morgan fingerprint density at radius 2 is 2.15 bits per heavy atom. The molecule has 2 N–H and O–H groups in total. The average Bonchev–Trinajstić information content (AvgIpc) is 2.90. The molecule has 0 spiro atoms. The third-order valence-corrected chi connectivity index (χ3v) is 2.75. The Morgan fingerprint density at radius 3 is 2.70 bits per heavy atom. The summed E-state index contributed by atoms with van der Waals surface area (Å²) in [6.07, 6.45) is 1.25. The minimum atomic E-state index is -1.16. The summed E-state index contributed by atoms with van der Waals surface area (Å²) in [4.78, 5) is 20.8. The molecule has 0 saturated heterocycles. The van der Waals surface area contributed by atoms with Crippen LogP contribution in [0.1, 0.15) is 11.6 Å². The van der Waals surface area contributed by atoms with Gasteiger partial charge in [-0.05, 0) is 5.56 Å².